The average Bonchev–Trinajstić information content (AvgIpc) is 2.00. The number of hydrogen-bond acceptors (Lipinski definition) is 2. The van der Waals surface area contributed by atoms with Crippen LogP contribution in [0.3, 0.4) is 0 Å². The fourth-order valence-corrected chi connectivity index (χ4v) is 1.11. The Bertz CT molecular complexity index is 134. The number of hydrogen-bond donors (Lipinski definition) is 1. The molecule has 12 heavy (non-hydrogen) atoms. The molecule has 0 fully saturated rings. The van der Waals surface area contributed by atoms with Crippen molar-refractivity contribution in [2.45, 2.75) is 20.8 Å². The number of nitrogens with one attached hydrogen (secondary N) is 1. The van der Waals surface area contributed by atoms with Gasteiger partial charge in [0.1, 0.15) is 0 Å². The van der Waals surface area contributed by atoms with Crippen LogP contribution in [0.4, 0.5) is 0 Å². The maximum Gasteiger partial charge on any atom is 0.236 e. The summed E-state index contributed by atoms with van der Waals surface area (Å²) in [6.07, 6.45) is 0. The van der Waals surface area contributed by atoms with E-state index in [9.17, 15) is 4.79 Å². The summed E-state index contributed by atoms with van der Waals surface area (Å²) >= 11 is 0. The van der Waals surface area contributed by atoms with E-state index < -0.39 is 0 Å². The van der Waals surface area contributed by atoms with Crippen LogP contribution < -0.4 is 5.32 Å². The Morgan fingerprint density at radius 3 is 2.42 bits per heavy atom. The van der Waals surface area contributed by atoms with Crippen molar-refractivity contribution in [2.24, 2.45) is 5.92 Å². The molecular formula is C9H20N2O. The Kier molecular flexibility index (Phi) is 5.72. The van der Waals surface area contributed by atoms with Crippen LogP contribution in [0.2, 0.25) is 0 Å². The molecule has 0 saturated heterocycles. The summed E-state index contributed by atoms with van der Waals surface area (Å²) in [6.45, 7) is 8.36. The van der Waals surface area contributed by atoms with Crippen LogP contribution in [0.1, 0.15) is 20.8 Å². The van der Waals surface area contributed by atoms with Crippen LogP contribution in [-0.4, -0.2) is 37.5 Å². The topological polar surface area (TPSA) is 32.3 Å². The van der Waals surface area contributed by atoms with E-state index in [4.69, 9.17) is 0 Å². The van der Waals surface area contributed by atoms with Gasteiger partial charge in [-0.15, -0.1) is 0 Å². The van der Waals surface area contributed by atoms with E-state index in [0.717, 1.165) is 13.1 Å². The molecule has 0 aliphatic heterocycles. The van der Waals surface area contributed by atoms with Crippen LogP contribution in [-0.2, 0) is 4.79 Å². The van der Waals surface area contributed by atoms with E-state index in [2.05, 4.69) is 19.2 Å². The van der Waals surface area contributed by atoms with E-state index in [-0.39, 0.29) is 5.91 Å². The molecule has 3 nitrogen and oxygen atoms in total. The lowest BCUT2D eigenvalue weighted by Crippen LogP contribution is -2.39. The molecule has 72 valence electrons. The van der Waals surface area contributed by atoms with Crippen molar-refractivity contribution in [1.82, 2.24) is 10.2 Å². The van der Waals surface area contributed by atoms with Gasteiger partial charge in [-0.25, -0.2) is 0 Å². The van der Waals surface area contributed by atoms with Crippen molar-refractivity contribution in [1.29, 1.82) is 0 Å². The lowest BCUT2D eigenvalue weighted by atomic mass is 10.2. The van der Waals surface area contributed by atoms with Crippen LogP contribution >= 0.6 is 0 Å². The Hall–Kier alpha value is -0.570. The standard InChI is InChI=1S/C9H20N2O/c1-5-11(7-8(2)3)9(12)6-10-4/h8,10H,5-7H2,1-4H3. The number of nitrogens with zero attached hydrogens (tertiary/aromatic N) is 1. The molecule has 0 unspecified atom stereocenters. The quantitative estimate of drug-likeness (QED) is 0.662. The van der Waals surface area contributed by atoms with E-state index in [0.29, 0.717) is 12.5 Å². The second-order valence-electron chi connectivity index (χ2n) is 3.36. The third kappa shape index (κ3) is 4.34. The highest BCUT2D eigenvalue weighted by Crippen LogP contribution is 1.98. The zero-order chi connectivity index (χ0) is 9.56. The largest absolute Gasteiger partial charge is 0.342 e. The fourth-order valence-electron chi connectivity index (χ4n) is 1.11. The molecule has 0 rings (SSSR count). The van der Waals surface area contributed by atoms with Crippen molar-refractivity contribution in [3.63, 3.8) is 0 Å². The van der Waals surface area contributed by atoms with Gasteiger partial charge in [0.05, 0.1) is 6.54 Å². The van der Waals surface area contributed by atoms with Gasteiger partial charge in [-0.05, 0) is 19.9 Å². The molecule has 0 radical (unpaired) electrons. The normalized spacial score (nSPS) is 10.4. The summed E-state index contributed by atoms with van der Waals surface area (Å²) in [5.41, 5.74) is 0. The van der Waals surface area contributed by atoms with Gasteiger partial charge in [-0.2, -0.15) is 0 Å². The van der Waals surface area contributed by atoms with Crippen LogP contribution in [0.25, 0.3) is 0 Å². The van der Waals surface area contributed by atoms with E-state index in [1.807, 2.05) is 11.8 Å². The Morgan fingerprint density at radius 2 is 2.08 bits per heavy atom. The SMILES string of the molecule is CCN(CC(C)C)C(=O)CNC. The zero-order valence-electron chi connectivity index (χ0n) is 8.55. The molecule has 0 aliphatic rings. The second-order valence-corrected chi connectivity index (χ2v) is 3.36. The van der Waals surface area contributed by atoms with Gasteiger partial charge in [0.25, 0.3) is 0 Å². The second kappa shape index (κ2) is 6.00. The summed E-state index contributed by atoms with van der Waals surface area (Å²) in [5.74, 6) is 0.736. The molecule has 0 heterocycles. The van der Waals surface area contributed by atoms with Gasteiger partial charge in [-0.1, -0.05) is 13.8 Å². The van der Waals surface area contributed by atoms with E-state index in [1.165, 1.54) is 0 Å². The predicted octanol–water partition coefficient (Wildman–Crippen LogP) is 0.710. The maximum absolute atomic E-state index is 11.4. The maximum atomic E-state index is 11.4. The molecule has 0 aromatic heterocycles. The highest BCUT2D eigenvalue weighted by molar-refractivity contribution is 5.78. The van der Waals surface area contributed by atoms with Gasteiger partial charge in [0.15, 0.2) is 0 Å². The molecule has 0 spiro atoms. The Labute approximate surface area is 75.1 Å². The molecule has 0 saturated carbocycles. The number of carbonyl (C=O) groups is 1. The average molecular weight is 172 g/mol. The molecule has 0 aromatic rings. The molecule has 0 aliphatic carbocycles. The van der Waals surface area contributed by atoms with Crippen molar-refractivity contribution < 1.29 is 4.79 Å². The van der Waals surface area contributed by atoms with Gasteiger partial charge >= 0.3 is 0 Å². The first kappa shape index (κ1) is 11.4. The molecular weight excluding hydrogens is 152 g/mol. The third-order valence-corrected chi connectivity index (χ3v) is 1.65. The van der Waals surface area contributed by atoms with Crippen LogP contribution in [0.15, 0.2) is 0 Å². The molecule has 0 bridgehead atoms. The van der Waals surface area contributed by atoms with Gasteiger partial charge in [-0.3, -0.25) is 4.79 Å². The van der Waals surface area contributed by atoms with Crippen molar-refractivity contribution in [3.05, 3.63) is 0 Å². The van der Waals surface area contributed by atoms with E-state index >= 15 is 0 Å². The summed E-state index contributed by atoms with van der Waals surface area (Å²) in [5, 5.41) is 2.86. The van der Waals surface area contributed by atoms with Crippen LogP contribution in [0.5, 0.6) is 0 Å². The minimum absolute atomic E-state index is 0.189. The Morgan fingerprint density at radius 1 is 1.50 bits per heavy atom. The highest BCUT2D eigenvalue weighted by atomic mass is 16.2. The smallest absolute Gasteiger partial charge is 0.236 e. The monoisotopic (exact) mass is 172 g/mol. The molecule has 1 N–H and O–H groups in total. The summed E-state index contributed by atoms with van der Waals surface area (Å²) < 4.78 is 0. The summed E-state index contributed by atoms with van der Waals surface area (Å²) in [7, 11) is 1.79. The number of likely N-dealkylation sites (N-methyl/N-ethyl adjacent to an activating group) is 2. The minimum atomic E-state index is 0.189. The number of amides is 1. The summed E-state index contributed by atoms with van der Waals surface area (Å²) in [6, 6.07) is 0. The van der Waals surface area contributed by atoms with Crippen molar-refractivity contribution >= 4 is 5.91 Å². The Balaban J connectivity index is 3.87. The lowest BCUT2D eigenvalue weighted by molar-refractivity contribution is -0.130. The van der Waals surface area contributed by atoms with Crippen molar-refractivity contribution in [2.75, 3.05) is 26.7 Å². The fraction of sp³-hybridized carbons (Fsp3) is 0.889. The highest BCUT2D eigenvalue weighted by Gasteiger charge is 2.10. The number of rotatable bonds is 5. The molecule has 0 aromatic carbocycles. The van der Waals surface area contributed by atoms with E-state index in [1.54, 1.807) is 7.05 Å². The van der Waals surface area contributed by atoms with Gasteiger partial charge < -0.3 is 10.2 Å². The van der Waals surface area contributed by atoms with Crippen LogP contribution in [0, 0.1) is 5.92 Å². The predicted molar refractivity (Wildman–Crippen MR) is 51.0 cm³/mol. The zero-order valence-corrected chi connectivity index (χ0v) is 8.55. The lowest BCUT2D eigenvalue weighted by Gasteiger charge is -2.22. The minimum Gasteiger partial charge on any atom is -0.342 e. The summed E-state index contributed by atoms with van der Waals surface area (Å²) in [4.78, 5) is 13.2. The first-order valence-electron chi connectivity index (χ1n) is 4.54. The van der Waals surface area contributed by atoms with Gasteiger partial charge in [0, 0.05) is 13.1 Å². The van der Waals surface area contributed by atoms with Crippen molar-refractivity contribution in [3.8, 4) is 0 Å². The molecule has 1 amide bonds. The first-order valence-corrected chi connectivity index (χ1v) is 4.54. The first-order chi connectivity index (χ1) is 5.61. The molecule has 0 atom stereocenters. The molecule has 3 heteroatoms. The number of carbonyl (C=O) groups excluding carboxylic acids is 1. The third-order valence-electron chi connectivity index (χ3n) is 1.65. The van der Waals surface area contributed by atoms with Gasteiger partial charge in [0.2, 0.25) is 5.91 Å².